The average molecular weight is 254 g/mol. The minimum atomic E-state index is 0.271. The molecule has 0 atom stereocenters. The second kappa shape index (κ2) is 4.19. The predicted molar refractivity (Wildman–Crippen MR) is 74.5 cm³/mol. The Kier molecular flexibility index (Phi) is 2.47. The van der Waals surface area contributed by atoms with Gasteiger partial charge < -0.3 is 4.57 Å². The third-order valence-electron chi connectivity index (χ3n) is 4.63. The zero-order valence-corrected chi connectivity index (χ0v) is 11.1. The molecule has 0 bridgehead atoms. The molecule has 2 aromatic rings. The lowest BCUT2D eigenvalue weighted by Crippen LogP contribution is -2.18. The van der Waals surface area contributed by atoms with Crippen molar-refractivity contribution in [3.05, 3.63) is 29.6 Å². The average Bonchev–Trinajstić information content (AvgIpc) is 2.84. The first-order chi connectivity index (χ1) is 9.34. The number of para-hydroxylation sites is 1. The third kappa shape index (κ3) is 1.64. The molecule has 3 heteroatoms. The van der Waals surface area contributed by atoms with E-state index in [1.54, 1.807) is 0 Å². The van der Waals surface area contributed by atoms with Gasteiger partial charge in [0.2, 0.25) is 0 Å². The number of aryl methyl sites for hydroxylation is 1. The van der Waals surface area contributed by atoms with Gasteiger partial charge in [-0.15, -0.1) is 0 Å². The summed E-state index contributed by atoms with van der Waals surface area (Å²) in [6.45, 7) is 0.818. The first kappa shape index (κ1) is 11.2. The maximum Gasteiger partial charge on any atom is 0.166 e. The molecule has 1 aliphatic heterocycles. The Hall–Kier alpha value is -1.64. The minimum Gasteiger partial charge on any atom is -0.327 e. The van der Waals surface area contributed by atoms with Crippen LogP contribution in [0.25, 0.3) is 11.0 Å². The van der Waals surface area contributed by atoms with Gasteiger partial charge in [0.15, 0.2) is 5.78 Å². The molecule has 1 aromatic carbocycles. The number of Topliss-reactive ketones (excluding diaryl/α,β-unsaturated/α-hetero) is 1. The van der Waals surface area contributed by atoms with Crippen LogP contribution in [-0.2, 0) is 6.54 Å². The molecule has 3 nitrogen and oxygen atoms in total. The molecule has 0 N–H and O–H groups in total. The van der Waals surface area contributed by atoms with E-state index in [0.717, 1.165) is 23.1 Å². The van der Waals surface area contributed by atoms with Gasteiger partial charge in [-0.3, -0.25) is 4.79 Å². The standard InChI is InChI=1S/C16H18N2O/c19-14-9-10-18-15-12(14)7-4-8-13(15)17-16(18)11-5-2-1-3-6-11/h4,7-8,11H,1-3,5-6,9-10H2. The number of imidazole rings is 1. The lowest BCUT2D eigenvalue weighted by atomic mass is 9.88. The van der Waals surface area contributed by atoms with Gasteiger partial charge in [0.25, 0.3) is 0 Å². The van der Waals surface area contributed by atoms with Crippen LogP contribution >= 0.6 is 0 Å². The van der Waals surface area contributed by atoms with Crippen molar-refractivity contribution in [1.29, 1.82) is 0 Å². The quantitative estimate of drug-likeness (QED) is 0.778. The van der Waals surface area contributed by atoms with Gasteiger partial charge in [-0.2, -0.15) is 0 Å². The Labute approximate surface area is 112 Å². The van der Waals surface area contributed by atoms with Crippen LogP contribution in [-0.4, -0.2) is 15.3 Å². The maximum absolute atomic E-state index is 12.0. The van der Waals surface area contributed by atoms with E-state index in [2.05, 4.69) is 4.57 Å². The molecule has 4 rings (SSSR count). The maximum atomic E-state index is 12.0. The van der Waals surface area contributed by atoms with Crippen molar-refractivity contribution in [2.24, 2.45) is 0 Å². The van der Waals surface area contributed by atoms with Crippen LogP contribution in [0.3, 0.4) is 0 Å². The van der Waals surface area contributed by atoms with Gasteiger partial charge in [0.1, 0.15) is 5.82 Å². The van der Waals surface area contributed by atoms with Crippen LogP contribution < -0.4 is 0 Å². The largest absolute Gasteiger partial charge is 0.327 e. The lowest BCUT2D eigenvalue weighted by Gasteiger charge is -2.23. The van der Waals surface area contributed by atoms with Crippen LogP contribution in [0.5, 0.6) is 0 Å². The number of carbonyl (C=O) groups is 1. The highest BCUT2D eigenvalue weighted by molar-refractivity contribution is 6.07. The molecule has 1 aliphatic carbocycles. The van der Waals surface area contributed by atoms with E-state index >= 15 is 0 Å². The smallest absolute Gasteiger partial charge is 0.166 e. The van der Waals surface area contributed by atoms with E-state index in [4.69, 9.17) is 4.98 Å². The van der Waals surface area contributed by atoms with Crippen molar-refractivity contribution in [3.63, 3.8) is 0 Å². The molecular formula is C16H18N2O. The van der Waals surface area contributed by atoms with E-state index in [1.165, 1.54) is 37.9 Å². The number of benzene rings is 1. The van der Waals surface area contributed by atoms with E-state index in [1.807, 2.05) is 18.2 Å². The Morgan fingerprint density at radius 3 is 2.84 bits per heavy atom. The number of nitrogens with zero attached hydrogens (tertiary/aromatic N) is 2. The fourth-order valence-corrected chi connectivity index (χ4v) is 3.68. The van der Waals surface area contributed by atoms with Crippen molar-refractivity contribution in [2.45, 2.75) is 51.0 Å². The van der Waals surface area contributed by atoms with Crippen molar-refractivity contribution >= 4 is 16.8 Å². The summed E-state index contributed by atoms with van der Waals surface area (Å²) in [5.41, 5.74) is 2.96. The Bertz CT molecular complexity index is 650. The summed E-state index contributed by atoms with van der Waals surface area (Å²) in [6, 6.07) is 5.95. The molecule has 2 aliphatic rings. The SMILES string of the molecule is O=C1CCn2c(C3CCCCC3)nc3cccc1c32. The monoisotopic (exact) mass is 254 g/mol. The van der Waals surface area contributed by atoms with Crippen molar-refractivity contribution in [2.75, 3.05) is 0 Å². The fraction of sp³-hybridized carbons (Fsp3) is 0.500. The van der Waals surface area contributed by atoms with Gasteiger partial charge in [0, 0.05) is 24.4 Å². The highest BCUT2D eigenvalue weighted by atomic mass is 16.1. The van der Waals surface area contributed by atoms with Crippen molar-refractivity contribution in [3.8, 4) is 0 Å². The van der Waals surface area contributed by atoms with Crippen LogP contribution in [0.4, 0.5) is 0 Å². The topological polar surface area (TPSA) is 34.9 Å². The molecule has 0 saturated heterocycles. The molecular weight excluding hydrogens is 236 g/mol. The zero-order valence-electron chi connectivity index (χ0n) is 11.1. The summed E-state index contributed by atoms with van der Waals surface area (Å²) in [5.74, 6) is 2.10. The number of hydrogen-bond acceptors (Lipinski definition) is 2. The van der Waals surface area contributed by atoms with Gasteiger partial charge in [-0.25, -0.2) is 4.98 Å². The zero-order chi connectivity index (χ0) is 12.8. The van der Waals surface area contributed by atoms with Crippen molar-refractivity contribution in [1.82, 2.24) is 9.55 Å². The lowest BCUT2D eigenvalue weighted by molar-refractivity contribution is 0.0972. The molecule has 1 aromatic heterocycles. The second-order valence-electron chi connectivity index (χ2n) is 5.80. The van der Waals surface area contributed by atoms with E-state index in [0.29, 0.717) is 12.3 Å². The molecule has 0 radical (unpaired) electrons. The molecule has 0 unspecified atom stereocenters. The highest BCUT2D eigenvalue weighted by Gasteiger charge is 2.27. The number of carbonyl (C=O) groups excluding carboxylic acids is 1. The summed E-state index contributed by atoms with van der Waals surface area (Å²) in [7, 11) is 0. The summed E-state index contributed by atoms with van der Waals surface area (Å²) in [6.07, 6.45) is 7.14. The highest BCUT2D eigenvalue weighted by Crippen LogP contribution is 2.36. The Morgan fingerprint density at radius 2 is 2.00 bits per heavy atom. The van der Waals surface area contributed by atoms with Crippen LogP contribution in [0.1, 0.15) is 60.6 Å². The van der Waals surface area contributed by atoms with E-state index < -0.39 is 0 Å². The number of aromatic nitrogens is 2. The summed E-state index contributed by atoms with van der Waals surface area (Å²) in [5, 5.41) is 0. The summed E-state index contributed by atoms with van der Waals surface area (Å²) < 4.78 is 2.32. The van der Waals surface area contributed by atoms with Crippen molar-refractivity contribution < 1.29 is 4.79 Å². The van der Waals surface area contributed by atoms with Crippen LogP contribution in [0.15, 0.2) is 18.2 Å². The normalized spacial score (nSPS) is 20.1. The predicted octanol–water partition coefficient (Wildman–Crippen LogP) is 3.67. The number of rotatable bonds is 1. The van der Waals surface area contributed by atoms with Crippen LogP contribution in [0, 0.1) is 0 Å². The van der Waals surface area contributed by atoms with Gasteiger partial charge >= 0.3 is 0 Å². The third-order valence-corrected chi connectivity index (χ3v) is 4.63. The first-order valence-corrected chi connectivity index (χ1v) is 7.37. The minimum absolute atomic E-state index is 0.271. The Balaban J connectivity index is 1.91. The fourth-order valence-electron chi connectivity index (χ4n) is 3.68. The molecule has 1 fully saturated rings. The molecule has 0 spiro atoms. The van der Waals surface area contributed by atoms with E-state index in [-0.39, 0.29) is 5.78 Å². The summed E-state index contributed by atoms with van der Waals surface area (Å²) >= 11 is 0. The van der Waals surface area contributed by atoms with Gasteiger partial charge in [-0.05, 0) is 25.0 Å². The molecule has 1 saturated carbocycles. The first-order valence-electron chi connectivity index (χ1n) is 7.37. The number of ketones is 1. The van der Waals surface area contributed by atoms with Crippen LogP contribution in [0.2, 0.25) is 0 Å². The van der Waals surface area contributed by atoms with E-state index in [9.17, 15) is 4.79 Å². The molecule has 2 heterocycles. The summed E-state index contributed by atoms with van der Waals surface area (Å²) in [4.78, 5) is 16.9. The molecule has 98 valence electrons. The van der Waals surface area contributed by atoms with Gasteiger partial charge in [0.05, 0.1) is 11.0 Å². The second-order valence-corrected chi connectivity index (χ2v) is 5.80. The Morgan fingerprint density at radius 1 is 1.16 bits per heavy atom. The molecule has 0 amide bonds. The number of hydrogen-bond donors (Lipinski definition) is 0. The molecule has 19 heavy (non-hydrogen) atoms. The van der Waals surface area contributed by atoms with Gasteiger partial charge in [-0.1, -0.05) is 25.3 Å².